The summed E-state index contributed by atoms with van der Waals surface area (Å²) in [4.78, 5) is 18.0. The molecule has 198 valence electrons. The smallest absolute Gasteiger partial charge is 0.279 e. The molecule has 0 bridgehead atoms. The van der Waals surface area contributed by atoms with Crippen molar-refractivity contribution in [3.63, 3.8) is 0 Å². The van der Waals surface area contributed by atoms with Crippen molar-refractivity contribution in [3.8, 4) is 0 Å². The second kappa shape index (κ2) is 10.1. The quantitative estimate of drug-likeness (QED) is 0.336. The molecular formula is C26H25N3O6S3. The fourth-order valence-corrected chi connectivity index (χ4v) is 7.69. The molecule has 1 aromatic heterocycles. The van der Waals surface area contributed by atoms with Gasteiger partial charge in [-0.2, -0.15) is 4.99 Å². The van der Waals surface area contributed by atoms with Crippen molar-refractivity contribution >= 4 is 53.0 Å². The molecule has 0 N–H and O–H groups in total. The Balaban J connectivity index is 1.48. The summed E-state index contributed by atoms with van der Waals surface area (Å²) < 4.78 is 59.6. The van der Waals surface area contributed by atoms with Gasteiger partial charge < -0.3 is 9.30 Å². The average Bonchev–Trinajstić information content (AvgIpc) is 3.48. The molecule has 1 aliphatic rings. The first-order valence-corrected chi connectivity index (χ1v) is 15.9. The van der Waals surface area contributed by atoms with Gasteiger partial charge in [-0.25, -0.2) is 16.8 Å². The number of carbonyl (C=O) groups is 1. The molecule has 0 atom stereocenters. The number of rotatable bonds is 7. The summed E-state index contributed by atoms with van der Waals surface area (Å²) in [6, 6.07) is 17.9. The third-order valence-electron chi connectivity index (χ3n) is 6.33. The Bertz CT molecular complexity index is 1820. The van der Waals surface area contributed by atoms with Crippen LogP contribution in [0.4, 0.5) is 5.69 Å². The van der Waals surface area contributed by atoms with Crippen LogP contribution >= 0.6 is 11.3 Å². The van der Waals surface area contributed by atoms with E-state index in [1.165, 1.54) is 46.0 Å². The van der Waals surface area contributed by atoms with E-state index in [2.05, 4.69) is 4.99 Å². The van der Waals surface area contributed by atoms with Crippen molar-refractivity contribution in [2.75, 3.05) is 30.8 Å². The van der Waals surface area contributed by atoms with Crippen molar-refractivity contribution < 1.29 is 26.4 Å². The average molecular weight is 572 g/mol. The van der Waals surface area contributed by atoms with Crippen LogP contribution in [0.1, 0.15) is 15.9 Å². The number of anilines is 1. The van der Waals surface area contributed by atoms with Crippen LogP contribution in [-0.4, -0.2) is 53.8 Å². The van der Waals surface area contributed by atoms with Crippen molar-refractivity contribution in [3.05, 3.63) is 82.7 Å². The molecule has 0 saturated carbocycles. The van der Waals surface area contributed by atoms with E-state index in [1.54, 1.807) is 29.9 Å². The lowest BCUT2D eigenvalue weighted by Gasteiger charge is -2.19. The molecule has 0 unspecified atom stereocenters. The molecule has 4 aromatic rings. The van der Waals surface area contributed by atoms with Crippen molar-refractivity contribution in [2.24, 2.45) is 4.99 Å². The van der Waals surface area contributed by atoms with Gasteiger partial charge in [-0.15, -0.1) is 0 Å². The van der Waals surface area contributed by atoms with E-state index >= 15 is 0 Å². The highest BCUT2D eigenvalue weighted by atomic mass is 32.2. The first kappa shape index (κ1) is 26.3. The number of thiazole rings is 1. The van der Waals surface area contributed by atoms with Gasteiger partial charge in [-0.1, -0.05) is 29.5 Å². The molecule has 0 aliphatic carbocycles. The third-order valence-corrected chi connectivity index (χ3v) is 10.3. The van der Waals surface area contributed by atoms with E-state index in [1.807, 2.05) is 18.2 Å². The number of carbonyl (C=O) groups excluding carboxylic acids is 1. The molecule has 1 aliphatic heterocycles. The fourth-order valence-electron chi connectivity index (χ4n) is 4.37. The maximum Gasteiger partial charge on any atom is 0.279 e. The highest BCUT2D eigenvalue weighted by molar-refractivity contribution is 7.92. The van der Waals surface area contributed by atoms with E-state index in [4.69, 9.17) is 4.74 Å². The van der Waals surface area contributed by atoms with E-state index in [0.29, 0.717) is 41.3 Å². The van der Waals surface area contributed by atoms with Gasteiger partial charge in [0.25, 0.3) is 15.9 Å². The van der Waals surface area contributed by atoms with Gasteiger partial charge >= 0.3 is 0 Å². The maximum atomic E-state index is 13.3. The lowest BCUT2D eigenvalue weighted by atomic mass is 10.2. The number of para-hydroxylation sites is 1. The number of aromatic nitrogens is 1. The second-order valence-corrected chi connectivity index (χ2v) is 13.7. The lowest BCUT2D eigenvalue weighted by Crippen LogP contribution is -2.29. The van der Waals surface area contributed by atoms with Crippen LogP contribution < -0.4 is 9.11 Å². The molecule has 9 nitrogen and oxygen atoms in total. The number of ether oxygens (including phenoxy) is 1. The minimum Gasteiger partial charge on any atom is -0.383 e. The summed E-state index contributed by atoms with van der Waals surface area (Å²) in [6.45, 7) is 1.15. The van der Waals surface area contributed by atoms with E-state index in [-0.39, 0.29) is 15.4 Å². The van der Waals surface area contributed by atoms with Crippen molar-refractivity contribution in [1.29, 1.82) is 0 Å². The number of nitrogens with zero attached hydrogens (tertiary/aromatic N) is 3. The predicted octanol–water partition coefficient (Wildman–Crippen LogP) is 3.25. The van der Waals surface area contributed by atoms with Gasteiger partial charge in [-0.3, -0.25) is 9.10 Å². The first-order chi connectivity index (χ1) is 18.1. The van der Waals surface area contributed by atoms with Crippen LogP contribution in [0.3, 0.4) is 0 Å². The van der Waals surface area contributed by atoms with Crippen molar-refractivity contribution in [1.82, 2.24) is 4.57 Å². The number of sulfonamides is 1. The molecule has 5 rings (SSSR count). The Morgan fingerprint density at radius 2 is 1.71 bits per heavy atom. The van der Waals surface area contributed by atoms with E-state index < -0.39 is 25.8 Å². The van der Waals surface area contributed by atoms with E-state index in [0.717, 1.165) is 17.3 Å². The predicted molar refractivity (Wildman–Crippen MR) is 146 cm³/mol. The van der Waals surface area contributed by atoms with Crippen LogP contribution in [0, 0.1) is 0 Å². The Labute approximate surface area is 224 Å². The number of amides is 1. The highest BCUT2D eigenvalue weighted by Gasteiger charge is 2.30. The van der Waals surface area contributed by atoms with Crippen LogP contribution in [-0.2, 0) is 37.6 Å². The molecule has 3 aromatic carbocycles. The number of fused-ring (bicyclic) bond motifs is 2. The third kappa shape index (κ3) is 4.92. The number of benzene rings is 3. The van der Waals surface area contributed by atoms with Crippen LogP contribution in [0.5, 0.6) is 0 Å². The zero-order valence-electron chi connectivity index (χ0n) is 20.7. The molecular weight excluding hydrogens is 547 g/mol. The molecule has 1 amide bonds. The number of hydrogen-bond acceptors (Lipinski definition) is 7. The normalized spacial score (nSPS) is 14.3. The zero-order valence-corrected chi connectivity index (χ0v) is 23.1. The van der Waals surface area contributed by atoms with Crippen LogP contribution in [0.2, 0.25) is 0 Å². The number of sulfone groups is 1. The summed E-state index contributed by atoms with van der Waals surface area (Å²) in [6.07, 6.45) is 1.79. The molecule has 38 heavy (non-hydrogen) atoms. The van der Waals surface area contributed by atoms with Crippen molar-refractivity contribution in [2.45, 2.75) is 22.8 Å². The minimum absolute atomic E-state index is 0.0936. The highest BCUT2D eigenvalue weighted by Crippen LogP contribution is 2.32. The summed E-state index contributed by atoms with van der Waals surface area (Å²) >= 11 is 1.20. The largest absolute Gasteiger partial charge is 0.383 e. The lowest BCUT2D eigenvalue weighted by molar-refractivity contribution is 0.0997. The minimum atomic E-state index is -3.78. The maximum absolute atomic E-state index is 13.3. The van der Waals surface area contributed by atoms with Crippen LogP contribution in [0.25, 0.3) is 10.2 Å². The molecule has 0 radical (unpaired) electrons. The first-order valence-electron chi connectivity index (χ1n) is 11.7. The second-order valence-electron chi connectivity index (χ2n) is 8.83. The van der Waals surface area contributed by atoms with Gasteiger partial charge in [0.15, 0.2) is 14.6 Å². The van der Waals surface area contributed by atoms with Gasteiger partial charge in [0.05, 0.1) is 32.3 Å². The molecule has 2 heterocycles. The number of methoxy groups -OCH3 is 1. The zero-order chi connectivity index (χ0) is 27.1. The summed E-state index contributed by atoms with van der Waals surface area (Å²) in [7, 11) is -5.61. The van der Waals surface area contributed by atoms with Gasteiger partial charge in [0.1, 0.15) is 0 Å². The van der Waals surface area contributed by atoms with E-state index in [9.17, 15) is 21.6 Å². The fraction of sp³-hybridized carbons (Fsp3) is 0.231. The standard InChI is InChI=1S/C26H25N3O6S3/c1-35-16-15-28-23-12-11-21(37(2,31)32)17-24(23)36-26(28)27-25(30)19-7-9-20(10-8-19)38(33,34)29-14-13-18-5-3-4-6-22(18)29/h3-12,17H,13-16H2,1-2H3. The Kier molecular flexibility index (Phi) is 6.99. The molecule has 0 saturated heterocycles. The molecule has 12 heteroatoms. The van der Waals surface area contributed by atoms with Gasteiger partial charge in [0.2, 0.25) is 0 Å². The number of hydrogen-bond donors (Lipinski definition) is 0. The Hall–Kier alpha value is -3.32. The van der Waals surface area contributed by atoms with Gasteiger partial charge in [0, 0.05) is 32.0 Å². The summed E-state index contributed by atoms with van der Waals surface area (Å²) in [5.74, 6) is -0.540. The molecule has 0 spiro atoms. The van der Waals surface area contributed by atoms with Crippen LogP contribution in [0.15, 0.2) is 81.5 Å². The summed E-state index contributed by atoms with van der Waals surface area (Å²) in [5.41, 5.74) is 2.62. The van der Waals surface area contributed by atoms with Gasteiger partial charge in [-0.05, 0) is 60.5 Å². The topological polar surface area (TPSA) is 115 Å². The summed E-state index contributed by atoms with van der Waals surface area (Å²) in [5, 5.41) is 0. The monoisotopic (exact) mass is 571 g/mol. The Morgan fingerprint density at radius 1 is 1.00 bits per heavy atom. The Morgan fingerprint density at radius 3 is 2.42 bits per heavy atom. The molecule has 0 fully saturated rings. The SMILES string of the molecule is COCCn1c(=NC(=O)c2ccc(S(=O)(=O)N3CCc4ccccc43)cc2)sc2cc(S(C)(=O)=O)ccc21.